The van der Waals surface area contributed by atoms with Crippen LogP contribution in [0, 0.1) is 5.92 Å². The number of hydrogen-bond donors (Lipinski definition) is 0. The fraction of sp³-hybridized carbons (Fsp3) is 1.00. The van der Waals surface area contributed by atoms with E-state index in [1.54, 1.807) is 0 Å². The van der Waals surface area contributed by atoms with E-state index in [1.165, 1.54) is 18.9 Å². The predicted octanol–water partition coefficient (Wildman–Crippen LogP) is 4.83. The van der Waals surface area contributed by atoms with Gasteiger partial charge in [0.1, 0.15) is 0 Å². The highest BCUT2D eigenvalue weighted by molar-refractivity contribution is 6.71. The van der Waals surface area contributed by atoms with Crippen molar-refractivity contribution in [2.24, 2.45) is 5.92 Å². The molecule has 0 aliphatic rings. The fourth-order valence-electron chi connectivity index (χ4n) is 1.88. The molecule has 0 rings (SSSR count). The van der Waals surface area contributed by atoms with Gasteiger partial charge in [-0.3, -0.25) is 0 Å². The van der Waals surface area contributed by atoms with Crippen LogP contribution in [0.3, 0.4) is 0 Å². The Balaban J connectivity index is 4.43. The molecule has 2 heteroatoms. The molecule has 2 atom stereocenters. The van der Waals surface area contributed by atoms with Gasteiger partial charge in [-0.25, -0.2) is 0 Å². The first-order valence-electron chi connectivity index (χ1n) is 6.48. The maximum atomic E-state index is 6.44. The number of hydrogen-bond acceptors (Lipinski definition) is 1. The normalized spacial score (nSPS) is 18.6. The van der Waals surface area contributed by atoms with Gasteiger partial charge in [0, 0.05) is 0 Å². The Morgan fingerprint density at radius 3 is 2.07 bits per heavy atom. The van der Waals surface area contributed by atoms with Crippen molar-refractivity contribution >= 4 is 8.32 Å². The van der Waals surface area contributed by atoms with Crippen LogP contribution in [0.1, 0.15) is 53.9 Å². The van der Waals surface area contributed by atoms with Gasteiger partial charge in [0.15, 0.2) is 8.32 Å². The first-order valence-corrected chi connectivity index (χ1v) is 9.60. The van der Waals surface area contributed by atoms with Crippen LogP contribution in [-0.2, 0) is 4.43 Å². The van der Waals surface area contributed by atoms with E-state index in [-0.39, 0.29) is 5.60 Å². The molecule has 0 bridgehead atoms. The molecule has 0 aliphatic heterocycles. The van der Waals surface area contributed by atoms with E-state index in [0.29, 0.717) is 0 Å². The summed E-state index contributed by atoms with van der Waals surface area (Å²) in [5.74, 6) is 0.775. The van der Waals surface area contributed by atoms with E-state index in [9.17, 15) is 0 Å². The van der Waals surface area contributed by atoms with E-state index in [2.05, 4.69) is 47.7 Å². The van der Waals surface area contributed by atoms with Crippen molar-refractivity contribution in [3.8, 4) is 0 Å². The maximum Gasteiger partial charge on any atom is 0.187 e. The summed E-state index contributed by atoms with van der Waals surface area (Å²) in [6.07, 6.45) is 3.59. The summed E-state index contributed by atoms with van der Waals surface area (Å²) in [7, 11) is -1.41. The van der Waals surface area contributed by atoms with Crippen LogP contribution in [-0.4, -0.2) is 13.9 Å². The summed E-state index contributed by atoms with van der Waals surface area (Å²) in [5, 5.41) is 0. The van der Waals surface area contributed by atoms with Gasteiger partial charge in [-0.2, -0.15) is 0 Å². The molecule has 0 saturated heterocycles. The van der Waals surface area contributed by atoms with Gasteiger partial charge >= 0.3 is 0 Å². The van der Waals surface area contributed by atoms with Crippen molar-refractivity contribution in [3.05, 3.63) is 0 Å². The summed E-state index contributed by atoms with van der Waals surface area (Å²) < 4.78 is 6.44. The molecule has 0 aromatic carbocycles. The lowest BCUT2D eigenvalue weighted by Crippen LogP contribution is -2.42. The Labute approximate surface area is 97.7 Å². The van der Waals surface area contributed by atoms with Crippen molar-refractivity contribution < 1.29 is 4.43 Å². The zero-order valence-electron chi connectivity index (χ0n) is 11.8. The van der Waals surface area contributed by atoms with E-state index in [4.69, 9.17) is 4.43 Å². The molecule has 0 radical (unpaired) electrons. The van der Waals surface area contributed by atoms with Crippen LogP contribution in [0.4, 0.5) is 0 Å². The van der Waals surface area contributed by atoms with Gasteiger partial charge in [0.2, 0.25) is 0 Å². The summed E-state index contributed by atoms with van der Waals surface area (Å²) >= 11 is 0. The summed E-state index contributed by atoms with van der Waals surface area (Å²) in [5.41, 5.74) is 0.112. The van der Waals surface area contributed by atoms with Crippen molar-refractivity contribution in [3.63, 3.8) is 0 Å². The summed E-state index contributed by atoms with van der Waals surface area (Å²) in [6, 6.07) is 1.21. The molecular weight excluding hydrogens is 200 g/mol. The Kier molecular flexibility index (Phi) is 6.12. The predicted molar refractivity (Wildman–Crippen MR) is 71.8 cm³/mol. The standard InChI is InChI=1S/C13H30OSi/c1-8-12(4)11-13(5,9-2)14-15(6,7)10-3/h12H,8-11H2,1-7H3. The molecule has 1 nitrogen and oxygen atoms in total. The second-order valence-electron chi connectivity index (χ2n) is 5.74. The van der Waals surface area contributed by atoms with Crippen LogP contribution >= 0.6 is 0 Å². The molecule has 0 amide bonds. The van der Waals surface area contributed by atoms with Crippen LogP contribution < -0.4 is 0 Å². The first-order chi connectivity index (χ1) is 6.78. The van der Waals surface area contributed by atoms with E-state index in [0.717, 1.165) is 12.3 Å². The average Bonchev–Trinajstić information content (AvgIpc) is 2.17. The second kappa shape index (κ2) is 6.05. The van der Waals surface area contributed by atoms with Crippen molar-refractivity contribution in [1.82, 2.24) is 0 Å². The van der Waals surface area contributed by atoms with Crippen LogP contribution in [0.25, 0.3) is 0 Å². The van der Waals surface area contributed by atoms with Gasteiger partial charge in [-0.05, 0) is 44.8 Å². The Hall–Kier alpha value is 0.177. The van der Waals surface area contributed by atoms with Crippen LogP contribution in [0.5, 0.6) is 0 Å². The Morgan fingerprint density at radius 2 is 1.73 bits per heavy atom. The van der Waals surface area contributed by atoms with E-state index in [1.807, 2.05) is 0 Å². The van der Waals surface area contributed by atoms with Gasteiger partial charge in [0.05, 0.1) is 5.60 Å². The third kappa shape index (κ3) is 5.72. The zero-order chi connectivity index (χ0) is 12.1. The third-order valence-corrected chi connectivity index (χ3v) is 6.35. The highest BCUT2D eigenvalue weighted by Crippen LogP contribution is 2.30. The molecule has 92 valence electrons. The minimum atomic E-state index is -1.41. The van der Waals surface area contributed by atoms with Gasteiger partial charge < -0.3 is 4.43 Å². The van der Waals surface area contributed by atoms with Crippen molar-refractivity contribution in [2.75, 3.05) is 0 Å². The molecule has 0 spiro atoms. The molecule has 2 unspecified atom stereocenters. The quantitative estimate of drug-likeness (QED) is 0.569. The lowest BCUT2D eigenvalue weighted by molar-refractivity contribution is 0.0494. The second-order valence-corrected chi connectivity index (χ2v) is 10.2. The smallest absolute Gasteiger partial charge is 0.187 e. The molecule has 0 aromatic rings. The lowest BCUT2D eigenvalue weighted by Gasteiger charge is -2.38. The highest BCUT2D eigenvalue weighted by Gasteiger charge is 2.32. The molecular formula is C13H30OSi. The SMILES string of the molecule is CCC(C)CC(C)(CC)O[Si](C)(C)CC. The monoisotopic (exact) mass is 230 g/mol. The van der Waals surface area contributed by atoms with Gasteiger partial charge in [-0.1, -0.05) is 34.1 Å². The average molecular weight is 230 g/mol. The minimum absolute atomic E-state index is 0.112. The van der Waals surface area contributed by atoms with Crippen molar-refractivity contribution in [2.45, 2.75) is 78.6 Å². The largest absolute Gasteiger partial charge is 0.412 e. The zero-order valence-corrected chi connectivity index (χ0v) is 12.8. The topological polar surface area (TPSA) is 9.23 Å². The van der Waals surface area contributed by atoms with Gasteiger partial charge in [0.25, 0.3) is 0 Å². The fourth-order valence-corrected chi connectivity index (χ4v) is 3.58. The Bertz CT molecular complexity index is 179. The molecule has 0 aliphatic carbocycles. The first kappa shape index (κ1) is 15.2. The Morgan fingerprint density at radius 1 is 1.20 bits per heavy atom. The van der Waals surface area contributed by atoms with Crippen molar-refractivity contribution in [1.29, 1.82) is 0 Å². The van der Waals surface area contributed by atoms with E-state index < -0.39 is 8.32 Å². The van der Waals surface area contributed by atoms with Crippen LogP contribution in [0.15, 0.2) is 0 Å². The third-order valence-electron chi connectivity index (χ3n) is 3.60. The summed E-state index contributed by atoms with van der Waals surface area (Å²) in [6.45, 7) is 16.1. The number of rotatable bonds is 7. The van der Waals surface area contributed by atoms with Gasteiger partial charge in [-0.15, -0.1) is 0 Å². The molecule has 0 fully saturated rings. The minimum Gasteiger partial charge on any atom is -0.412 e. The molecule has 0 N–H and O–H groups in total. The maximum absolute atomic E-state index is 6.44. The lowest BCUT2D eigenvalue weighted by atomic mass is 9.90. The van der Waals surface area contributed by atoms with E-state index >= 15 is 0 Å². The molecule has 0 aromatic heterocycles. The molecule has 0 heterocycles. The molecule has 15 heavy (non-hydrogen) atoms. The summed E-state index contributed by atoms with van der Waals surface area (Å²) in [4.78, 5) is 0. The molecule has 0 saturated carbocycles. The highest BCUT2D eigenvalue weighted by atomic mass is 28.4. The van der Waals surface area contributed by atoms with Crippen LogP contribution in [0.2, 0.25) is 19.1 Å².